The molecule has 0 aliphatic carbocycles. The summed E-state index contributed by atoms with van der Waals surface area (Å²) in [7, 11) is 0. The van der Waals surface area contributed by atoms with Gasteiger partial charge < -0.3 is 15.0 Å². The van der Waals surface area contributed by atoms with Crippen LogP contribution in [0.4, 0.5) is 11.6 Å². The molecule has 1 aliphatic rings. The Bertz CT molecular complexity index is 667. The van der Waals surface area contributed by atoms with Crippen LogP contribution < -0.4 is 10.2 Å². The van der Waals surface area contributed by atoms with Gasteiger partial charge in [0.05, 0.1) is 19.6 Å². The van der Waals surface area contributed by atoms with Crippen LogP contribution in [0.25, 0.3) is 0 Å². The Morgan fingerprint density at radius 3 is 2.70 bits per heavy atom. The van der Waals surface area contributed by atoms with Crippen molar-refractivity contribution >= 4 is 17.5 Å². The van der Waals surface area contributed by atoms with Crippen molar-refractivity contribution in [1.29, 1.82) is 0 Å². The molecule has 6 nitrogen and oxygen atoms in total. The molecule has 0 bridgehead atoms. The van der Waals surface area contributed by atoms with Crippen molar-refractivity contribution in [2.24, 2.45) is 0 Å². The SMILES string of the molecule is Cc1ccc(CC(=O)Nc2cc(N3CCOCC3)ncn2)cc1. The number of amides is 1. The molecular formula is C17H20N4O2. The average Bonchev–Trinajstić information content (AvgIpc) is 2.58. The van der Waals surface area contributed by atoms with E-state index < -0.39 is 0 Å². The third kappa shape index (κ3) is 4.26. The lowest BCUT2D eigenvalue weighted by molar-refractivity contribution is -0.115. The largest absolute Gasteiger partial charge is 0.378 e. The number of nitrogens with zero attached hydrogens (tertiary/aromatic N) is 3. The molecule has 1 saturated heterocycles. The molecule has 0 atom stereocenters. The van der Waals surface area contributed by atoms with Crippen LogP contribution in [0.5, 0.6) is 0 Å². The van der Waals surface area contributed by atoms with Gasteiger partial charge in [0.25, 0.3) is 0 Å². The molecule has 0 saturated carbocycles. The van der Waals surface area contributed by atoms with Crippen molar-refractivity contribution in [3.8, 4) is 0 Å². The number of morpholine rings is 1. The number of aromatic nitrogens is 2. The molecule has 1 N–H and O–H groups in total. The van der Waals surface area contributed by atoms with E-state index in [4.69, 9.17) is 4.74 Å². The molecule has 0 radical (unpaired) electrons. The summed E-state index contributed by atoms with van der Waals surface area (Å²) in [5.41, 5.74) is 2.16. The lowest BCUT2D eigenvalue weighted by Gasteiger charge is -2.27. The minimum Gasteiger partial charge on any atom is -0.378 e. The summed E-state index contributed by atoms with van der Waals surface area (Å²) in [4.78, 5) is 22.7. The molecule has 0 unspecified atom stereocenters. The van der Waals surface area contributed by atoms with E-state index in [9.17, 15) is 4.79 Å². The van der Waals surface area contributed by atoms with E-state index in [0.717, 1.165) is 24.5 Å². The fraction of sp³-hybridized carbons (Fsp3) is 0.353. The Hall–Kier alpha value is -2.47. The van der Waals surface area contributed by atoms with Gasteiger partial charge in [-0.3, -0.25) is 4.79 Å². The van der Waals surface area contributed by atoms with Crippen LogP contribution in [0.1, 0.15) is 11.1 Å². The second kappa shape index (κ2) is 7.19. The molecule has 0 spiro atoms. The van der Waals surface area contributed by atoms with Crippen molar-refractivity contribution in [3.05, 3.63) is 47.8 Å². The number of rotatable bonds is 4. The van der Waals surface area contributed by atoms with E-state index in [1.807, 2.05) is 31.2 Å². The zero-order chi connectivity index (χ0) is 16.1. The second-order valence-electron chi connectivity index (χ2n) is 5.57. The molecule has 1 fully saturated rings. The van der Waals surface area contributed by atoms with Crippen molar-refractivity contribution < 1.29 is 9.53 Å². The normalized spacial score (nSPS) is 14.6. The molecule has 1 amide bonds. The highest BCUT2D eigenvalue weighted by molar-refractivity contribution is 5.91. The Balaban J connectivity index is 1.62. The van der Waals surface area contributed by atoms with E-state index in [-0.39, 0.29) is 5.91 Å². The molecule has 23 heavy (non-hydrogen) atoms. The molecule has 1 aliphatic heterocycles. The number of carbonyl (C=O) groups is 1. The highest BCUT2D eigenvalue weighted by Gasteiger charge is 2.13. The van der Waals surface area contributed by atoms with E-state index in [1.54, 1.807) is 6.07 Å². The number of anilines is 2. The van der Waals surface area contributed by atoms with Gasteiger partial charge in [0.1, 0.15) is 18.0 Å². The molecule has 1 aromatic heterocycles. The Morgan fingerprint density at radius 2 is 1.96 bits per heavy atom. The van der Waals surface area contributed by atoms with Gasteiger partial charge in [-0.2, -0.15) is 0 Å². The third-order valence-electron chi connectivity index (χ3n) is 3.74. The molecular weight excluding hydrogens is 292 g/mol. The zero-order valence-electron chi connectivity index (χ0n) is 13.2. The first kappa shape index (κ1) is 15.4. The van der Waals surface area contributed by atoms with Crippen LogP contribution in [0.2, 0.25) is 0 Å². The topological polar surface area (TPSA) is 67.4 Å². The van der Waals surface area contributed by atoms with E-state index >= 15 is 0 Å². The predicted octanol–water partition coefficient (Wildman–Crippen LogP) is 1.80. The van der Waals surface area contributed by atoms with Gasteiger partial charge in [-0.05, 0) is 12.5 Å². The molecule has 6 heteroatoms. The number of aryl methyl sites for hydroxylation is 1. The highest BCUT2D eigenvalue weighted by atomic mass is 16.5. The van der Waals surface area contributed by atoms with Gasteiger partial charge in [-0.25, -0.2) is 9.97 Å². The van der Waals surface area contributed by atoms with Crippen LogP contribution in [0.3, 0.4) is 0 Å². The number of benzene rings is 1. The predicted molar refractivity (Wildman–Crippen MR) is 88.6 cm³/mol. The second-order valence-corrected chi connectivity index (χ2v) is 5.57. The number of hydrogen-bond acceptors (Lipinski definition) is 5. The third-order valence-corrected chi connectivity index (χ3v) is 3.74. The van der Waals surface area contributed by atoms with Crippen molar-refractivity contribution in [3.63, 3.8) is 0 Å². The lowest BCUT2D eigenvalue weighted by Crippen LogP contribution is -2.36. The Labute approximate surface area is 135 Å². The summed E-state index contributed by atoms with van der Waals surface area (Å²) in [6.07, 6.45) is 1.81. The van der Waals surface area contributed by atoms with Crippen molar-refractivity contribution in [1.82, 2.24) is 9.97 Å². The molecule has 3 rings (SSSR count). The fourth-order valence-corrected chi connectivity index (χ4v) is 2.46. The molecule has 1 aromatic carbocycles. The average molecular weight is 312 g/mol. The van der Waals surface area contributed by atoms with Gasteiger partial charge >= 0.3 is 0 Å². The van der Waals surface area contributed by atoms with Crippen molar-refractivity contribution in [2.75, 3.05) is 36.5 Å². The first-order valence-corrected chi connectivity index (χ1v) is 7.71. The summed E-state index contributed by atoms with van der Waals surface area (Å²) in [5, 5.41) is 2.84. The number of nitrogens with one attached hydrogen (secondary N) is 1. The van der Waals surface area contributed by atoms with E-state index in [2.05, 4.69) is 20.2 Å². The lowest BCUT2D eigenvalue weighted by atomic mass is 10.1. The van der Waals surface area contributed by atoms with Crippen LogP contribution in [-0.4, -0.2) is 42.2 Å². The summed E-state index contributed by atoms with van der Waals surface area (Å²) in [5.74, 6) is 1.26. The summed E-state index contributed by atoms with van der Waals surface area (Å²) in [6.45, 7) is 5.01. The standard InChI is InChI=1S/C17H20N4O2/c1-13-2-4-14(5-3-13)10-17(22)20-15-11-16(19-12-18-15)21-6-8-23-9-7-21/h2-5,11-12H,6-10H2,1H3,(H,18,19,20,22). The van der Waals surface area contributed by atoms with Gasteiger partial charge in [0, 0.05) is 19.2 Å². The van der Waals surface area contributed by atoms with Crippen LogP contribution in [0.15, 0.2) is 36.7 Å². The fourth-order valence-electron chi connectivity index (χ4n) is 2.46. The van der Waals surface area contributed by atoms with Gasteiger partial charge in [-0.15, -0.1) is 0 Å². The Kier molecular flexibility index (Phi) is 4.83. The number of carbonyl (C=O) groups excluding carboxylic acids is 1. The van der Waals surface area contributed by atoms with Crippen LogP contribution in [-0.2, 0) is 16.0 Å². The maximum Gasteiger partial charge on any atom is 0.229 e. The molecule has 2 aromatic rings. The van der Waals surface area contributed by atoms with Crippen LogP contribution >= 0.6 is 0 Å². The first-order chi connectivity index (χ1) is 11.2. The van der Waals surface area contributed by atoms with Gasteiger partial charge in [0.15, 0.2) is 0 Å². The maximum absolute atomic E-state index is 12.1. The maximum atomic E-state index is 12.1. The highest BCUT2D eigenvalue weighted by Crippen LogP contribution is 2.15. The van der Waals surface area contributed by atoms with Crippen LogP contribution in [0, 0.1) is 6.92 Å². The van der Waals surface area contributed by atoms with Gasteiger partial charge in [0.2, 0.25) is 5.91 Å². The van der Waals surface area contributed by atoms with E-state index in [0.29, 0.717) is 25.5 Å². The summed E-state index contributed by atoms with van der Waals surface area (Å²) >= 11 is 0. The minimum absolute atomic E-state index is 0.0829. The van der Waals surface area contributed by atoms with Gasteiger partial charge in [-0.1, -0.05) is 29.8 Å². The molecule has 120 valence electrons. The number of ether oxygens (including phenoxy) is 1. The number of hydrogen-bond donors (Lipinski definition) is 1. The zero-order valence-corrected chi connectivity index (χ0v) is 13.2. The quantitative estimate of drug-likeness (QED) is 0.932. The molecule has 2 heterocycles. The monoisotopic (exact) mass is 312 g/mol. The first-order valence-electron chi connectivity index (χ1n) is 7.71. The minimum atomic E-state index is -0.0829. The van der Waals surface area contributed by atoms with E-state index in [1.165, 1.54) is 11.9 Å². The Morgan fingerprint density at radius 1 is 1.22 bits per heavy atom. The smallest absolute Gasteiger partial charge is 0.229 e. The van der Waals surface area contributed by atoms with Crippen molar-refractivity contribution in [2.45, 2.75) is 13.3 Å². The summed E-state index contributed by atoms with van der Waals surface area (Å²) in [6, 6.07) is 9.74. The summed E-state index contributed by atoms with van der Waals surface area (Å²) < 4.78 is 5.34.